The van der Waals surface area contributed by atoms with Gasteiger partial charge in [-0.2, -0.15) is 0 Å². The van der Waals surface area contributed by atoms with Crippen LogP contribution in [0.25, 0.3) is 0 Å². The molecule has 2 unspecified atom stereocenters. The largest absolute Gasteiger partial charge is 0.488 e. The minimum atomic E-state index is -0.534. The molecule has 3 rings (SSSR count). The molecule has 4 nitrogen and oxygen atoms in total. The lowest BCUT2D eigenvalue weighted by Gasteiger charge is -2.38. The fraction of sp³-hybridized carbons (Fsp3) is 0.600. The zero-order valence-corrected chi connectivity index (χ0v) is 11.2. The van der Waals surface area contributed by atoms with Crippen molar-refractivity contribution in [2.45, 2.75) is 44.2 Å². The number of aliphatic hydroxyl groups excluding tert-OH is 1. The second-order valence-electron chi connectivity index (χ2n) is 5.39. The van der Waals surface area contributed by atoms with Gasteiger partial charge in [0.05, 0.1) is 19.3 Å². The van der Waals surface area contributed by atoms with Gasteiger partial charge < -0.3 is 19.3 Å². The molecule has 1 aromatic carbocycles. The summed E-state index contributed by atoms with van der Waals surface area (Å²) in [6, 6.07) is 7.87. The van der Waals surface area contributed by atoms with Crippen LogP contribution in [0.2, 0.25) is 0 Å². The highest BCUT2D eigenvalue weighted by atomic mass is 16.7. The Hall–Kier alpha value is -1.10. The Labute approximate surface area is 113 Å². The van der Waals surface area contributed by atoms with E-state index in [2.05, 4.69) is 0 Å². The molecule has 1 saturated carbocycles. The van der Waals surface area contributed by atoms with Crippen molar-refractivity contribution in [2.24, 2.45) is 0 Å². The minimum Gasteiger partial charge on any atom is -0.488 e. The maximum Gasteiger partial charge on any atom is 0.172 e. The van der Waals surface area contributed by atoms with Gasteiger partial charge in [0.1, 0.15) is 11.9 Å². The Balaban J connectivity index is 1.71. The fourth-order valence-corrected chi connectivity index (χ4v) is 2.84. The van der Waals surface area contributed by atoms with Crippen molar-refractivity contribution < 1.29 is 19.3 Å². The highest BCUT2D eigenvalue weighted by molar-refractivity contribution is 5.27. The van der Waals surface area contributed by atoms with E-state index in [9.17, 15) is 5.11 Å². The van der Waals surface area contributed by atoms with Gasteiger partial charge in [-0.25, -0.2) is 0 Å². The highest BCUT2D eigenvalue weighted by Crippen LogP contribution is 2.37. The second-order valence-corrected chi connectivity index (χ2v) is 5.39. The lowest BCUT2D eigenvalue weighted by molar-refractivity contribution is -0.209. The van der Waals surface area contributed by atoms with Crippen LogP contribution in [0.3, 0.4) is 0 Å². The van der Waals surface area contributed by atoms with E-state index < -0.39 is 11.9 Å². The Morgan fingerprint density at radius 1 is 1.32 bits per heavy atom. The van der Waals surface area contributed by atoms with Crippen molar-refractivity contribution in [3.05, 3.63) is 29.8 Å². The molecule has 1 aromatic rings. The fourth-order valence-electron chi connectivity index (χ4n) is 2.84. The summed E-state index contributed by atoms with van der Waals surface area (Å²) in [4.78, 5) is 0. The first-order valence-corrected chi connectivity index (χ1v) is 6.86. The van der Waals surface area contributed by atoms with Crippen molar-refractivity contribution in [3.63, 3.8) is 0 Å². The number of hydrogen-bond acceptors (Lipinski definition) is 4. The summed E-state index contributed by atoms with van der Waals surface area (Å²) in [6.07, 6.45) is 1.24. The van der Waals surface area contributed by atoms with Crippen molar-refractivity contribution in [1.29, 1.82) is 0 Å². The van der Waals surface area contributed by atoms with Crippen LogP contribution in [0.4, 0.5) is 0 Å². The van der Waals surface area contributed by atoms with Crippen molar-refractivity contribution >= 4 is 0 Å². The molecule has 2 fully saturated rings. The molecule has 1 heterocycles. The maximum atomic E-state index is 10.1. The third-order valence-corrected chi connectivity index (χ3v) is 3.85. The summed E-state index contributed by atoms with van der Waals surface area (Å²) >= 11 is 0. The van der Waals surface area contributed by atoms with Gasteiger partial charge >= 0.3 is 0 Å². The molecular formula is C15H20O4. The Morgan fingerprint density at radius 2 is 2.11 bits per heavy atom. The van der Waals surface area contributed by atoms with Gasteiger partial charge in [-0.05, 0) is 31.0 Å². The number of hydrogen-bond donors (Lipinski definition) is 1. The molecule has 0 aromatic heterocycles. The van der Waals surface area contributed by atoms with Gasteiger partial charge in [0.15, 0.2) is 5.79 Å². The standard InChI is InChI=1S/C15H20O4/c1-11-3-2-4-12(9-11)19-14-10-15(6-5-13(14)16)17-7-8-18-15/h2-4,9,13-14,16H,5-8,10H2,1H3. The molecule has 19 heavy (non-hydrogen) atoms. The first-order valence-electron chi connectivity index (χ1n) is 6.86. The number of aryl methyl sites for hydroxylation is 1. The molecule has 104 valence electrons. The predicted octanol–water partition coefficient (Wildman–Crippen LogP) is 2.03. The average molecular weight is 264 g/mol. The van der Waals surface area contributed by atoms with E-state index in [1.54, 1.807) is 0 Å². The normalized spacial score (nSPS) is 29.6. The first-order chi connectivity index (χ1) is 9.17. The summed E-state index contributed by atoms with van der Waals surface area (Å²) in [5, 5.41) is 10.1. The van der Waals surface area contributed by atoms with Crippen LogP contribution in [0.15, 0.2) is 24.3 Å². The van der Waals surface area contributed by atoms with Crippen LogP contribution in [0.1, 0.15) is 24.8 Å². The molecule has 0 bridgehead atoms. The first kappa shape index (κ1) is 12.9. The number of aliphatic hydroxyl groups is 1. The van der Waals surface area contributed by atoms with Gasteiger partial charge in [-0.3, -0.25) is 0 Å². The lowest BCUT2D eigenvalue weighted by atomic mass is 9.89. The summed E-state index contributed by atoms with van der Waals surface area (Å²) in [6.45, 7) is 3.29. The molecule has 1 N–H and O–H groups in total. The van der Waals surface area contributed by atoms with Crippen molar-refractivity contribution in [3.8, 4) is 5.75 Å². The molecule has 1 aliphatic carbocycles. The Bertz CT molecular complexity index is 440. The lowest BCUT2D eigenvalue weighted by Crippen LogP contribution is -2.47. The number of rotatable bonds is 2. The monoisotopic (exact) mass is 264 g/mol. The van der Waals surface area contributed by atoms with Crippen LogP contribution in [0, 0.1) is 6.92 Å². The van der Waals surface area contributed by atoms with Crippen LogP contribution < -0.4 is 4.74 Å². The maximum absolute atomic E-state index is 10.1. The topological polar surface area (TPSA) is 47.9 Å². The zero-order valence-electron chi connectivity index (χ0n) is 11.2. The van der Waals surface area contributed by atoms with Gasteiger partial charge in [0.2, 0.25) is 0 Å². The summed E-state index contributed by atoms with van der Waals surface area (Å²) in [7, 11) is 0. The summed E-state index contributed by atoms with van der Waals surface area (Å²) < 4.78 is 17.3. The summed E-state index contributed by atoms with van der Waals surface area (Å²) in [5.74, 6) is 0.257. The van der Waals surface area contributed by atoms with Gasteiger partial charge in [-0.15, -0.1) is 0 Å². The van der Waals surface area contributed by atoms with Crippen LogP contribution in [0.5, 0.6) is 5.75 Å². The average Bonchev–Trinajstić information content (AvgIpc) is 2.83. The van der Waals surface area contributed by atoms with Gasteiger partial charge in [0, 0.05) is 12.8 Å². The van der Waals surface area contributed by atoms with Crippen LogP contribution in [-0.4, -0.2) is 36.3 Å². The third-order valence-electron chi connectivity index (χ3n) is 3.85. The second kappa shape index (κ2) is 5.12. The zero-order chi connectivity index (χ0) is 13.3. The van der Waals surface area contributed by atoms with Gasteiger partial charge in [0.25, 0.3) is 0 Å². The van der Waals surface area contributed by atoms with E-state index in [1.165, 1.54) is 0 Å². The number of benzene rings is 1. The van der Waals surface area contributed by atoms with Crippen molar-refractivity contribution in [2.75, 3.05) is 13.2 Å². The molecule has 1 aliphatic heterocycles. The molecule has 4 heteroatoms. The van der Waals surface area contributed by atoms with E-state index in [4.69, 9.17) is 14.2 Å². The Kier molecular flexibility index (Phi) is 3.48. The van der Waals surface area contributed by atoms with Crippen LogP contribution >= 0.6 is 0 Å². The van der Waals surface area contributed by atoms with E-state index in [0.717, 1.165) is 17.7 Å². The molecule has 1 saturated heterocycles. The van der Waals surface area contributed by atoms with E-state index in [-0.39, 0.29) is 6.10 Å². The van der Waals surface area contributed by atoms with Crippen molar-refractivity contribution in [1.82, 2.24) is 0 Å². The van der Waals surface area contributed by atoms with Crippen LogP contribution in [-0.2, 0) is 9.47 Å². The minimum absolute atomic E-state index is 0.270. The molecule has 0 radical (unpaired) electrons. The quantitative estimate of drug-likeness (QED) is 0.888. The SMILES string of the molecule is Cc1cccc(OC2CC3(CCC2O)OCCO3)c1. The molecule has 2 atom stereocenters. The molecule has 2 aliphatic rings. The highest BCUT2D eigenvalue weighted by Gasteiger charge is 2.45. The molecule has 1 spiro atoms. The molecular weight excluding hydrogens is 244 g/mol. The smallest absolute Gasteiger partial charge is 0.172 e. The molecule has 0 amide bonds. The van der Waals surface area contributed by atoms with E-state index in [1.807, 2.05) is 31.2 Å². The van der Waals surface area contributed by atoms with E-state index in [0.29, 0.717) is 26.1 Å². The number of ether oxygens (including phenoxy) is 3. The Morgan fingerprint density at radius 3 is 2.84 bits per heavy atom. The summed E-state index contributed by atoms with van der Waals surface area (Å²) in [5.41, 5.74) is 1.14. The van der Waals surface area contributed by atoms with E-state index >= 15 is 0 Å². The third kappa shape index (κ3) is 2.76. The van der Waals surface area contributed by atoms with Gasteiger partial charge in [-0.1, -0.05) is 12.1 Å². The predicted molar refractivity (Wildman–Crippen MR) is 70.1 cm³/mol.